The molecule has 2 aromatic carbocycles. The molecular weight excluding hydrogens is 274 g/mol. The standard InChI is InChI=1S/C19H23NO2/c1-2-3-5-13-19(21)20-17-11-8-12-18(14-17)22-15-16-9-6-4-7-10-16/h4,6-12,14H,2-3,5,13,15H2,1H3,(H,20,21). The van der Waals surface area contributed by atoms with E-state index in [9.17, 15) is 4.79 Å². The summed E-state index contributed by atoms with van der Waals surface area (Å²) in [5, 5.41) is 2.92. The van der Waals surface area contributed by atoms with E-state index in [4.69, 9.17) is 4.74 Å². The van der Waals surface area contributed by atoms with Gasteiger partial charge in [-0.25, -0.2) is 0 Å². The monoisotopic (exact) mass is 297 g/mol. The maximum Gasteiger partial charge on any atom is 0.224 e. The molecule has 1 N–H and O–H groups in total. The average Bonchev–Trinajstić information content (AvgIpc) is 2.54. The van der Waals surface area contributed by atoms with Crippen LogP contribution in [0.5, 0.6) is 5.75 Å². The minimum atomic E-state index is 0.0636. The van der Waals surface area contributed by atoms with Crippen molar-refractivity contribution in [3.05, 3.63) is 60.2 Å². The molecule has 0 spiro atoms. The second-order valence-corrected chi connectivity index (χ2v) is 5.31. The third-order valence-electron chi connectivity index (χ3n) is 3.37. The largest absolute Gasteiger partial charge is 0.489 e. The van der Waals surface area contributed by atoms with Crippen molar-refractivity contribution in [3.63, 3.8) is 0 Å². The van der Waals surface area contributed by atoms with Crippen molar-refractivity contribution in [2.45, 2.75) is 39.2 Å². The van der Waals surface area contributed by atoms with Crippen LogP contribution in [0.25, 0.3) is 0 Å². The first kappa shape index (κ1) is 16.1. The molecule has 0 aliphatic heterocycles. The Kier molecular flexibility index (Phi) is 6.49. The van der Waals surface area contributed by atoms with Gasteiger partial charge in [-0.3, -0.25) is 4.79 Å². The van der Waals surface area contributed by atoms with Gasteiger partial charge in [-0.15, -0.1) is 0 Å². The minimum Gasteiger partial charge on any atom is -0.489 e. The van der Waals surface area contributed by atoms with Gasteiger partial charge in [0.05, 0.1) is 0 Å². The van der Waals surface area contributed by atoms with E-state index in [0.29, 0.717) is 13.0 Å². The van der Waals surface area contributed by atoms with Gasteiger partial charge in [0, 0.05) is 18.2 Å². The third-order valence-corrected chi connectivity index (χ3v) is 3.37. The van der Waals surface area contributed by atoms with E-state index in [1.165, 1.54) is 0 Å². The van der Waals surface area contributed by atoms with Gasteiger partial charge >= 0.3 is 0 Å². The van der Waals surface area contributed by atoms with Crippen LogP contribution in [0.4, 0.5) is 5.69 Å². The second-order valence-electron chi connectivity index (χ2n) is 5.31. The molecule has 3 heteroatoms. The fraction of sp³-hybridized carbons (Fsp3) is 0.316. The van der Waals surface area contributed by atoms with Crippen LogP contribution in [0.1, 0.15) is 38.2 Å². The van der Waals surface area contributed by atoms with Crippen LogP contribution < -0.4 is 10.1 Å². The lowest BCUT2D eigenvalue weighted by molar-refractivity contribution is -0.116. The zero-order valence-corrected chi connectivity index (χ0v) is 13.0. The van der Waals surface area contributed by atoms with Crippen molar-refractivity contribution in [2.24, 2.45) is 0 Å². The number of carbonyl (C=O) groups is 1. The van der Waals surface area contributed by atoms with Crippen LogP contribution in [0, 0.1) is 0 Å². The zero-order valence-electron chi connectivity index (χ0n) is 13.0. The van der Waals surface area contributed by atoms with Crippen molar-refractivity contribution in [3.8, 4) is 5.75 Å². The molecule has 116 valence electrons. The SMILES string of the molecule is CCCCCC(=O)Nc1cccc(OCc2ccccc2)c1. The topological polar surface area (TPSA) is 38.3 Å². The van der Waals surface area contributed by atoms with Gasteiger partial charge in [0.25, 0.3) is 0 Å². The van der Waals surface area contributed by atoms with E-state index in [-0.39, 0.29) is 5.91 Å². The van der Waals surface area contributed by atoms with Crippen molar-refractivity contribution in [1.29, 1.82) is 0 Å². The lowest BCUT2D eigenvalue weighted by atomic mass is 10.2. The first-order valence-corrected chi connectivity index (χ1v) is 7.84. The number of hydrogen-bond donors (Lipinski definition) is 1. The number of rotatable bonds is 8. The van der Waals surface area contributed by atoms with E-state index in [1.54, 1.807) is 0 Å². The number of hydrogen-bond acceptors (Lipinski definition) is 2. The number of amides is 1. The molecule has 1 amide bonds. The van der Waals surface area contributed by atoms with E-state index >= 15 is 0 Å². The van der Waals surface area contributed by atoms with Crippen LogP contribution in [-0.4, -0.2) is 5.91 Å². The van der Waals surface area contributed by atoms with Gasteiger partial charge in [-0.1, -0.05) is 56.2 Å². The van der Waals surface area contributed by atoms with E-state index < -0.39 is 0 Å². The number of unbranched alkanes of at least 4 members (excludes halogenated alkanes) is 2. The maximum absolute atomic E-state index is 11.8. The van der Waals surface area contributed by atoms with Crippen LogP contribution in [0.3, 0.4) is 0 Å². The Labute approximate surface area is 132 Å². The molecular formula is C19H23NO2. The summed E-state index contributed by atoms with van der Waals surface area (Å²) in [5.74, 6) is 0.823. The normalized spacial score (nSPS) is 10.2. The lowest BCUT2D eigenvalue weighted by Gasteiger charge is -2.09. The zero-order chi connectivity index (χ0) is 15.6. The molecule has 22 heavy (non-hydrogen) atoms. The van der Waals surface area contributed by atoms with Crippen LogP contribution in [0.2, 0.25) is 0 Å². The fourth-order valence-corrected chi connectivity index (χ4v) is 2.16. The highest BCUT2D eigenvalue weighted by Gasteiger charge is 2.03. The van der Waals surface area contributed by atoms with Crippen LogP contribution in [0.15, 0.2) is 54.6 Å². The molecule has 0 bridgehead atoms. The first-order chi connectivity index (χ1) is 10.8. The van der Waals surface area contributed by atoms with Crippen molar-refractivity contribution >= 4 is 11.6 Å². The van der Waals surface area contributed by atoms with Gasteiger partial charge in [-0.05, 0) is 24.1 Å². The van der Waals surface area contributed by atoms with Gasteiger partial charge in [-0.2, -0.15) is 0 Å². The summed E-state index contributed by atoms with van der Waals surface area (Å²) in [6.07, 6.45) is 3.72. The molecule has 0 heterocycles. The Balaban J connectivity index is 1.85. The summed E-state index contributed by atoms with van der Waals surface area (Å²) in [5.41, 5.74) is 1.91. The summed E-state index contributed by atoms with van der Waals surface area (Å²) in [6, 6.07) is 17.6. The average molecular weight is 297 g/mol. The number of carbonyl (C=O) groups excluding carboxylic acids is 1. The summed E-state index contributed by atoms with van der Waals surface area (Å²) >= 11 is 0. The molecule has 0 aliphatic rings. The van der Waals surface area contributed by atoms with Gasteiger partial charge < -0.3 is 10.1 Å². The highest BCUT2D eigenvalue weighted by molar-refractivity contribution is 5.90. The fourth-order valence-electron chi connectivity index (χ4n) is 2.16. The minimum absolute atomic E-state index is 0.0636. The molecule has 0 aliphatic carbocycles. The predicted molar refractivity (Wildman–Crippen MR) is 90.0 cm³/mol. The van der Waals surface area contributed by atoms with Gasteiger partial charge in [0.1, 0.15) is 12.4 Å². The van der Waals surface area contributed by atoms with Gasteiger partial charge in [0.2, 0.25) is 5.91 Å². The number of anilines is 1. The Morgan fingerprint density at radius 3 is 2.64 bits per heavy atom. The summed E-state index contributed by atoms with van der Waals surface area (Å²) < 4.78 is 5.76. The first-order valence-electron chi connectivity index (χ1n) is 7.84. The smallest absolute Gasteiger partial charge is 0.224 e. The summed E-state index contributed by atoms with van der Waals surface area (Å²) in [4.78, 5) is 11.8. The Hall–Kier alpha value is -2.29. The number of benzene rings is 2. The molecule has 0 aromatic heterocycles. The molecule has 0 radical (unpaired) electrons. The second kappa shape index (κ2) is 8.88. The molecule has 0 atom stereocenters. The highest BCUT2D eigenvalue weighted by atomic mass is 16.5. The maximum atomic E-state index is 11.8. The van der Waals surface area contributed by atoms with E-state index in [2.05, 4.69) is 12.2 Å². The molecule has 0 saturated heterocycles. The third kappa shape index (κ3) is 5.60. The Morgan fingerprint density at radius 1 is 1.05 bits per heavy atom. The quantitative estimate of drug-likeness (QED) is 0.712. The van der Waals surface area contributed by atoms with E-state index in [0.717, 1.165) is 36.3 Å². The molecule has 0 unspecified atom stereocenters. The van der Waals surface area contributed by atoms with Crippen LogP contribution >= 0.6 is 0 Å². The number of nitrogens with one attached hydrogen (secondary N) is 1. The van der Waals surface area contributed by atoms with Crippen molar-refractivity contribution < 1.29 is 9.53 Å². The van der Waals surface area contributed by atoms with Crippen molar-refractivity contribution in [1.82, 2.24) is 0 Å². The predicted octanol–water partition coefficient (Wildman–Crippen LogP) is 4.78. The van der Waals surface area contributed by atoms with Gasteiger partial charge in [0.15, 0.2) is 0 Å². The van der Waals surface area contributed by atoms with Crippen LogP contribution in [-0.2, 0) is 11.4 Å². The number of ether oxygens (including phenoxy) is 1. The summed E-state index contributed by atoms with van der Waals surface area (Å²) in [7, 11) is 0. The molecule has 2 aromatic rings. The Morgan fingerprint density at radius 2 is 1.86 bits per heavy atom. The lowest BCUT2D eigenvalue weighted by Crippen LogP contribution is -2.11. The highest BCUT2D eigenvalue weighted by Crippen LogP contribution is 2.19. The molecule has 3 nitrogen and oxygen atoms in total. The Bertz CT molecular complexity index is 581. The molecule has 2 rings (SSSR count). The molecule has 0 saturated carbocycles. The van der Waals surface area contributed by atoms with Crippen molar-refractivity contribution in [2.75, 3.05) is 5.32 Å². The summed E-state index contributed by atoms with van der Waals surface area (Å²) in [6.45, 7) is 2.65. The van der Waals surface area contributed by atoms with E-state index in [1.807, 2.05) is 54.6 Å². The molecule has 0 fully saturated rings.